The summed E-state index contributed by atoms with van der Waals surface area (Å²) >= 11 is 0. The number of hydrogen-bond donors (Lipinski definition) is 1. The summed E-state index contributed by atoms with van der Waals surface area (Å²) in [7, 11) is 6.71. The molecule has 49 heavy (non-hydrogen) atoms. The van der Waals surface area contributed by atoms with Crippen LogP contribution in [0.5, 0.6) is 5.75 Å². The molecular formula is C38H51N5O5S. The highest BCUT2D eigenvalue weighted by Gasteiger charge is 2.52. The Balaban J connectivity index is 1.39. The molecule has 5 atom stereocenters. The number of nitrogens with zero attached hydrogens (tertiary/aromatic N) is 4. The van der Waals surface area contributed by atoms with Gasteiger partial charge in [-0.05, 0) is 86.5 Å². The summed E-state index contributed by atoms with van der Waals surface area (Å²) in [6, 6.07) is 6.90. The molecule has 1 aromatic carbocycles. The molecule has 2 heterocycles. The highest BCUT2D eigenvalue weighted by Crippen LogP contribution is 2.57. The predicted octanol–water partition coefficient (Wildman–Crippen LogP) is 5.39. The number of benzene rings is 1. The van der Waals surface area contributed by atoms with Gasteiger partial charge in [0.2, 0.25) is 11.8 Å². The first kappa shape index (κ1) is 34.1. The Labute approximate surface area is 291 Å². The first-order valence-corrected chi connectivity index (χ1v) is 19.4. The molecule has 11 heteroatoms. The van der Waals surface area contributed by atoms with Gasteiger partial charge in [0.15, 0.2) is 0 Å². The molecule has 7 rings (SSSR count). The molecule has 0 bridgehead atoms. The minimum Gasteiger partial charge on any atom is -0.496 e. The van der Waals surface area contributed by atoms with Gasteiger partial charge in [-0.1, -0.05) is 50.3 Å². The van der Waals surface area contributed by atoms with Gasteiger partial charge in [-0.25, -0.2) is 4.72 Å². The van der Waals surface area contributed by atoms with Crippen LogP contribution >= 0.6 is 0 Å². The standard InChI is InChI=1S/C38H51N5O5S/c1-40(2)29-17-10-11-18-30(29)42(5)38(45)26-16-12-15-25-33(26)31-21-27-32(48-6)20-19-24(23-13-8-7-9-14-23)36(27)43(31)22-28-34(25)35(28)37(44)39-49(46,47)41(3)4/h12,15,19-23,26,29-30,33,35H,7-11,13-14,16-18H2,1-6H3,(H,39,44)/t26-,29-,30-,33?,35?/m1/s1. The van der Waals surface area contributed by atoms with Gasteiger partial charge in [-0.15, -0.1) is 0 Å². The Morgan fingerprint density at radius 3 is 2.31 bits per heavy atom. The Morgan fingerprint density at radius 1 is 0.939 bits per heavy atom. The summed E-state index contributed by atoms with van der Waals surface area (Å²) in [5.41, 5.74) is 5.90. The first-order chi connectivity index (χ1) is 23.4. The van der Waals surface area contributed by atoms with Crippen molar-refractivity contribution in [2.75, 3.05) is 42.3 Å². The third-order valence-electron chi connectivity index (χ3n) is 11.9. The maximum atomic E-state index is 14.8. The van der Waals surface area contributed by atoms with E-state index in [0.29, 0.717) is 18.4 Å². The number of methoxy groups -OCH3 is 1. The zero-order chi connectivity index (χ0) is 34.8. The van der Waals surface area contributed by atoms with Gasteiger partial charge in [0, 0.05) is 56.4 Å². The summed E-state index contributed by atoms with van der Waals surface area (Å²) < 4.78 is 37.0. The molecule has 2 unspecified atom stereocenters. The number of rotatable bonds is 8. The summed E-state index contributed by atoms with van der Waals surface area (Å²) in [5.74, 6) is -0.675. The van der Waals surface area contributed by atoms with Crippen LogP contribution in [-0.2, 0) is 19.8 Å². The monoisotopic (exact) mass is 689 g/mol. The molecule has 1 aromatic heterocycles. The fourth-order valence-corrected chi connectivity index (χ4v) is 9.86. The minimum atomic E-state index is -3.98. The Bertz CT molecular complexity index is 1870. The molecule has 3 fully saturated rings. The zero-order valence-corrected chi connectivity index (χ0v) is 30.6. The number of allylic oxidation sites excluding steroid dienone is 3. The van der Waals surface area contributed by atoms with Gasteiger partial charge < -0.3 is 19.1 Å². The maximum absolute atomic E-state index is 14.8. The van der Waals surface area contributed by atoms with Crippen molar-refractivity contribution < 1.29 is 22.7 Å². The van der Waals surface area contributed by atoms with Gasteiger partial charge in [0.25, 0.3) is 0 Å². The van der Waals surface area contributed by atoms with E-state index in [1.54, 1.807) is 7.11 Å². The molecule has 0 spiro atoms. The van der Waals surface area contributed by atoms with Crippen LogP contribution in [0.2, 0.25) is 0 Å². The molecule has 0 radical (unpaired) electrons. The van der Waals surface area contributed by atoms with E-state index < -0.39 is 22.0 Å². The number of hydrogen-bond acceptors (Lipinski definition) is 6. The van der Waals surface area contributed by atoms with E-state index in [-0.39, 0.29) is 23.8 Å². The number of fused-ring (bicyclic) bond motifs is 6. The van der Waals surface area contributed by atoms with E-state index in [4.69, 9.17) is 4.74 Å². The van der Waals surface area contributed by atoms with E-state index in [2.05, 4.69) is 58.6 Å². The third-order valence-corrected chi connectivity index (χ3v) is 13.3. The van der Waals surface area contributed by atoms with Crippen LogP contribution in [0.4, 0.5) is 0 Å². The second-order valence-corrected chi connectivity index (χ2v) is 17.0. The fraction of sp³-hybridized carbons (Fsp3) is 0.579. The molecule has 2 aromatic rings. The number of carbonyl (C=O) groups excluding carboxylic acids is 2. The zero-order valence-electron chi connectivity index (χ0n) is 29.7. The molecule has 4 aliphatic carbocycles. The van der Waals surface area contributed by atoms with E-state index >= 15 is 0 Å². The highest BCUT2D eigenvalue weighted by atomic mass is 32.2. The highest BCUT2D eigenvalue weighted by molar-refractivity contribution is 7.87. The van der Waals surface area contributed by atoms with Crippen molar-refractivity contribution in [3.8, 4) is 5.75 Å². The van der Waals surface area contributed by atoms with Crippen molar-refractivity contribution in [1.82, 2.24) is 23.4 Å². The molecule has 3 saturated carbocycles. The smallest absolute Gasteiger partial charge is 0.303 e. The van der Waals surface area contributed by atoms with Crippen molar-refractivity contribution in [3.05, 3.63) is 58.3 Å². The van der Waals surface area contributed by atoms with Crippen molar-refractivity contribution in [1.29, 1.82) is 0 Å². The Kier molecular flexibility index (Phi) is 9.07. The van der Waals surface area contributed by atoms with Gasteiger partial charge in [0.05, 0.1) is 24.5 Å². The number of likely N-dealkylation sites (N-methyl/N-ethyl adjacent to an activating group) is 2. The fourth-order valence-electron chi connectivity index (χ4n) is 9.30. The van der Waals surface area contributed by atoms with Crippen LogP contribution < -0.4 is 9.46 Å². The maximum Gasteiger partial charge on any atom is 0.303 e. The predicted molar refractivity (Wildman–Crippen MR) is 192 cm³/mol. The van der Waals surface area contributed by atoms with Gasteiger partial charge in [-0.3, -0.25) is 9.59 Å². The van der Waals surface area contributed by atoms with Gasteiger partial charge in [-0.2, -0.15) is 12.7 Å². The number of carbonyl (C=O) groups is 2. The molecule has 10 nitrogen and oxygen atoms in total. The number of ether oxygens (including phenoxy) is 1. The van der Waals surface area contributed by atoms with Crippen molar-refractivity contribution in [2.24, 2.45) is 11.8 Å². The van der Waals surface area contributed by atoms with Crippen LogP contribution in [0.1, 0.15) is 87.3 Å². The Morgan fingerprint density at radius 2 is 1.63 bits per heavy atom. The summed E-state index contributed by atoms with van der Waals surface area (Å²) in [5, 5.41) is 1.01. The van der Waals surface area contributed by atoms with E-state index in [1.807, 2.05) is 18.1 Å². The number of nitrogens with one attached hydrogen (secondary N) is 1. The third kappa shape index (κ3) is 5.85. The van der Waals surface area contributed by atoms with Crippen LogP contribution in [-0.4, -0.2) is 93.3 Å². The molecule has 1 aliphatic heterocycles. The summed E-state index contributed by atoms with van der Waals surface area (Å²) in [6.45, 7) is 0. The number of aromatic nitrogens is 1. The second kappa shape index (κ2) is 13.0. The van der Waals surface area contributed by atoms with Crippen molar-refractivity contribution >= 4 is 39.1 Å². The molecular weight excluding hydrogens is 639 g/mol. The summed E-state index contributed by atoms with van der Waals surface area (Å²) in [4.78, 5) is 32.8. The summed E-state index contributed by atoms with van der Waals surface area (Å²) in [6.07, 6.45) is 16.9. The SMILES string of the molecule is COc1ccc(C2CCCCC2)c2c1cc1n2C=C2C(=C3C=CC[C@@H](C(=O)N(C)[C@@H]4CCCC[C@H]4N(C)C)C31)C2C(=O)NS(=O)(=O)N(C)C. The first-order valence-electron chi connectivity index (χ1n) is 18.0. The lowest BCUT2D eigenvalue weighted by atomic mass is 9.75. The lowest BCUT2D eigenvalue weighted by Gasteiger charge is -2.43. The van der Waals surface area contributed by atoms with E-state index in [9.17, 15) is 18.0 Å². The van der Waals surface area contributed by atoms with Crippen LogP contribution in [0.15, 0.2) is 47.1 Å². The van der Waals surface area contributed by atoms with Gasteiger partial charge in [0.1, 0.15) is 5.75 Å². The molecule has 1 N–H and O–H groups in total. The molecule has 264 valence electrons. The van der Waals surface area contributed by atoms with Crippen molar-refractivity contribution in [2.45, 2.75) is 88.1 Å². The van der Waals surface area contributed by atoms with E-state index in [1.165, 1.54) is 45.3 Å². The van der Waals surface area contributed by atoms with Crippen LogP contribution in [0, 0.1) is 11.8 Å². The second-order valence-electron chi connectivity index (χ2n) is 15.1. The lowest BCUT2D eigenvalue weighted by Crippen LogP contribution is -2.53. The number of amides is 2. The molecule has 0 saturated heterocycles. The van der Waals surface area contributed by atoms with E-state index in [0.717, 1.165) is 75.5 Å². The van der Waals surface area contributed by atoms with Gasteiger partial charge >= 0.3 is 10.2 Å². The lowest BCUT2D eigenvalue weighted by molar-refractivity contribution is -0.138. The largest absolute Gasteiger partial charge is 0.496 e. The average molecular weight is 690 g/mol. The normalized spacial score (nSPS) is 26.9. The quantitative estimate of drug-likeness (QED) is 0.399. The van der Waals surface area contributed by atoms with Crippen molar-refractivity contribution in [3.63, 3.8) is 0 Å². The minimum absolute atomic E-state index is 0.114. The Hall–Kier alpha value is -3.41. The van der Waals surface area contributed by atoms with Crippen LogP contribution in [0.3, 0.4) is 0 Å². The topological polar surface area (TPSA) is 104 Å². The van der Waals surface area contributed by atoms with Crippen LogP contribution in [0.25, 0.3) is 17.1 Å². The molecule has 5 aliphatic rings. The average Bonchev–Trinajstić information content (AvgIpc) is 3.73. The molecule has 2 amide bonds.